The third kappa shape index (κ3) is 3.87. The summed E-state index contributed by atoms with van der Waals surface area (Å²) in [5.74, 6) is 0.212. The number of amides is 2. The lowest BCUT2D eigenvalue weighted by Crippen LogP contribution is -2.35. The predicted octanol–water partition coefficient (Wildman–Crippen LogP) is 1.68. The van der Waals surface area contributed by atoms with Gasteiger partial charge in [-0.1, -0.05) is 6.07 Å². The second kappa shape index (κ2) is 7.59. The maximum absolute atomic E-state index is 12.4. The third-order valence-electron chi connectivity index (χ3n) is 4.59. The normalized spacial score (nSPS) is 16.8. The van der Waals surface area contributed by atoms with Crippen LogP contribution in [0.3, 0.4) is 0 Å². The smallest absolute Gasteiger partial charge is 0.227 e. The van der Waals surface area contributed by atoms with Crippen LogP contribution in [0.25, 0.3) is 0 Å². The average Bonchev–Trinajstić information content (AvgIpc) is 3.17. The molecule has 7 nitrogen and oxygen atoms in total. The minimum atomic E-state index is -0.339. The number of nitrogens with zero attached hydrogens (tertiary/aromatic N) is 3. The first-order chi connectivity index (χ1) is 12.5. The van der Waals surface area contributed by atoms with Crippen LogP contribution in [0.2, 0.25) is 0 Å². The number of benzene rings is 1. The topological polar surface area (TPSA) is 76.5 Å². The van der Waals surface area contributed by atoms with E-state index in [1.54, 1.807) is 18.1 Å². The van der Waals surface area contributed by atoms with E-state index in [0.717, 1.165) is 17.1 Å². The SMILES string of the molecule is COc1cccc(N2CC(C(=O)NCCn3nc(C)cc3C)CC2=O)c1. The zero-order valence-corrected chi connectivity index (χ0v) is 15.4. The van der Waals surface area contributed by atoms with Crippen LogP contribution in [0.5, 0.6) is 5.75 Å². The number of nitrogens with one attached hydrogen (secondary N) is 1. The molecule has 0 saturated carbocycles. The first-order valence-electron chi connectivity index (χ1n) is 8.71. The molecule has 1 saturated heterocycles. The summed E-state index contributed by atoms with van der Waals surface area (Å²) in [5, 5.41) is 7.30. The lowest BCUT2D eigenvalue weighted by molar-refractivity contribution is -0.126. The Bertz CT molecular complexity index is 815. The molecular formula is C19H24N4O3. The Kier molecular flexibility index (Phi) is 5.25. The third-order valence-corrected chi connectivity index (χ3v) is 4.59. The number of anilines is 1. The highest BCUT2D eigenvalue weighted by Gasteiger charge is 2.35. The molecule has 2 heterocycles. The van der Waals surface area contributed by atoms with E-state index in [4.69, 9.17) is 4.74 Å². The van der Waals surface area contributed by atoms with Crippen LogP contribution < -0.4 is 15.0 Å². The molecule has 0 spiro atoms. The molecule has 1 fully saturated rings. The molecule has 1 aromatic heterocycles. The zero-order chi connectivity index (χ0) is 18.7. The Labute approximate surface area is 152 Å². The van der Waals surface area contributed by atoms with Crippen LogP contribution >= 0.6 is 0 Å². The Hall–Kier alpha value is -2.83. The summed E-state index contributed by atoms with van der Waals surface area (Å²) in [6.07, 6.45) is 0.225. The molecule has 138 valence electrons. The largest absolute Gasteiger partial charge is 0.497 e. The van der Waals surface area contributed by atoms with Crippen molar-refractivity contribution in [3.05, 3.63) is 41.7 Å². The average molecular weight is 356 g/mol. The fourth-order valence-corrected chi connectivity index (χ4v) is 3.24. The van der Waals surface area contributed by atoms with Crippen molar-refractivity contribution in [1.29, 1.82) is 0 Å². The Morgan fingerprint density at radius 1 is 1.35 bits per heavy atom. The van der Waals surface area contributed by atoms with Crippen LogP contribution in [0.15, 0.2) is 30.3 Å². The summed E-state index contributed by atoms with van der Waals surface area (Å²) >= 11 is 0. The van der Waals surface area contributed by atoms with E-state index >= 15 is 0 Å². The highest BCUT2D eigenvalue weighted by Crippen LogP contribution is 2.27. The molecule has 2 aromatic rings. The second-order valence-electron chi connectivity index (χ2n) is 6.55. The fraction of sp³-hybridized carbons (Fsp3) is 0.421. The molecule has 26 heavy (non-hydrogen) atoms. The number of carbonyl (C=O) groups excluding carboxylic acids is 2. The molecule has 1 N–H and O–H groups in total. The van der Waals surface area contributed by atoms with Crippen molar-refractivity contribution in [2.45, 2.75) is 26.8 Å². The molecule has 1 unspecified atom stereocenters. The number of hydrogen-bond acceptors (Lipinski definition) is 4. The quantitative estimate of drug-likeness (QED) is 0.854. The van der Waals surface area contributed by atoms with E-state index < -0.39 is 0 Å². The summed E-state index contributed by atoms with van der Waals surface area (Å²) in [6, 6.07) is 9.32. The number of aromatic nitrogens is 2. The zero-order valence-electron chi connectivity index (χ0n) is 15.4. The monoisotopic (exact) mass is 356 g/mol. The van der Waals surface area contributed by atoms with Crippen LogP contribution in [-0.2, 0) is 16.1 Å². The molecule has 1 aromatic carbocycles. The summed E-state index contributed by atoms with van der Waals surface area (Å²) < 4.78 is 7.08. The van der Waals surface area contributed by atoms with Gasteiger partial charge < -0.3 is 15.0 Å². The van der Waals surface area contributed by atoms with E-state index in [-0.39, 0.29) is 24.2 Å². The van der Waals surface area contributed by atoms with Crippen LogP contribution in [-0.4, -0.2) is 41.8 Å². The minimum absolute atomic E-state index is 0.0445. The van der Waals surface area contributed by atoms with Crippen LogP contribution in [0.1, 0.15) is 17.8 Å². The lowest BCUT2D eigenvalue weighted by Gasteiger charge is -2.17. The molecule has 0 radical (unpaired) electrons. The van der Waals surface area contributed by atoms with Gasteiger partial charge in [-0.2, -0.15) is 5.10 Å². The van der Waals surface area contributed by atoms with Gasteiger partial charge in [0.25, 0.3) is 0 Å². The molecule has 2 amide bonds. The Balaban J connectivity index is 1.55. The molecule has 0 aliphatic carbocycles. The van der Waals surface area contributed by atoms with Crippen molar-refractivity contribution in [2.75, 3.05) is 25.1 Å². The van der Waals surface area contributed by atoms with Gasteiger partial charge in [0.15, 0.2) is 0 Å². The number of hydrogen-bond donors (Lipinski definition) is 1. The number of rotatable bonds is 6. The highest BCUT2D eigenvalue weighted by atomic mass is 16.5. The number of methoxy groups -OCH3 is 1. The van der Waals surface area contributed by atoms with Gasteiger partial charge in [0.1, 0.15) is 5.75 Å². The maximum atomic E-state index is 12.4. The van der Waals surface area contributed by atoms with Gasteiger partial charge in [-0.15, -0.1) is 0 Å². The first-order valence-corrected chi connectivity index (χ1v) is 8.71. The summed E-state index contributed by atoms with van der Waals surface area (Å²) in [7, 11) is 1.59. The van der Waals surface area contributed by atoms with Crippen molar-refractivity contribution in [1.82, 2.24) is 15.1 Å². The molecule has 7 heteroatoms. The van der Waals surface area contributed by atoms with Gasteiger partial charge in [0.2, 0.25) is 11.8 Å². The van der Waals surface area contributed by atoms with Crippen molar-refractivity contribution in [3.63, 3.8) is 0 Å². The first kappa shape index (κ1) is 18.0. The fourth-order valence-electron chi connectivity index (χ4n) is 3.24. The standard InChI is InChI=1S/C19H24N4O3/c1-13-9-14(2)23(21-13)8-7-20-19(25)15-10-18(24)22(12-15)16-5-4-6-17(11-16)26-3/h4-6,9,11,15H,7-8,10,12H2,1-3H3,(H,20,25). The van der Waals surface area contributed by atoms with Crippen molar-refractivity contribution >= 4 is 17.5 Å². The van der Waals surface area contributed by atoms with Crippen molar-refractivity contribution in [2.24, 2.45) is 5.92 Å². The minimum Gasteiger partial charge on any atom is -0.497 e. The van der Waals surface area contributed by atoms with E-state index in [2.05, 4.69) is 10.4 Å². The van der Waals surface area contributed by atoms with E-state index in [1.165, 1.54) is 0 Å². The van der Waals surface area contributed by atoms with Crippen molar-refractivity contribution in [3.8, 4) is 5.75 Å². The maximum Gasteiger partial charge on any atom is 0.227 e. The van der Waals surface area contributed by atoms with Gasteiger partial charge in [-0.3, -0.25) is 14.3 Å². The molecule has 1 aliphatic rings. The Morgan fingerprint density at radius 3 is 2.85 bits per heavy atom. The predicted molar refractivity (Wildman–Crippen MR) is 98.2 cm³/mol. The molecule has 0 bridgehead atoms. The van der Waals surface area contributed by atoms with Gasteiger partial charge in [0.05, 0.1) is 25.3 Å². The highest BCUT2D eigenvalue weighted by molar-refractivity contribution is 6.00. The summed E-state index contributed by atoms with van der Waals surface area (Å²) in [5.41, 5.74) is 2.79. The number of carbonyl (C=O) groups is 2. The molecular weight excluding hydrogens is 332 g/mol. The van der Waals surface area contributed by atoms with E-state index in [9.17, 15) is 9.59 Å². The van der Waals surface area contributed by atoms with Gasteiger partial charge >= 0.3 is 0 Å². The molecule has 3 rings (SSSR count). The van der Waals surface area contributed by atoms with Crippen LogP contribution in [0.4, 0.5) is 5.69 Å². The second-order valence-corrected chi connectivity index (χ2v) is 6.55. The molecule has 1 atom stereocenters. The van der Waals surface area contributed by atoms with Gasteiger partial charge in [0, 0.05) is 37.0 Å². The number of ether oxygens (including phenoxy) is 1. The van der Waals surface area contributed by atoms with Gasteiger partial charge in [-0.05, 0) is 32.0 Å². The van der Waals surface area contributed by atoms with Crippen LogP contribution in [0, 0.1) is 19.8 Å². The van der Waals surface area contributed by atoms with Gasteiger partial charge in [-0.25, -0.2) is 0 Å². The molecule has 1 aliphatic heterocycles. The van der Waals surface area contributed by atoms with E-state index in [0.29, 0.717) is 25.4 Å². The lowest BCUT2D eigenvalue weighted by atomic mass is 10.1. The van der Waals surface area contributed by atoms with Crippen molar-refractivity contribution < 1.29 is 14.3 Å². The van der Waals surface area contributed by atoms with E-state index in [1.807, 2.05) is 42.8 Å². The Morgan fingerprint density at radius 2 is 2.15 bits per heavy atom. The number of aryl methyl sites for hydroxylation is 2. The summed E-state index contributed by atoms with van der Waals surface area (Å²) in [6.45, 7) is 5.43. The summed E-state index contributed by atoms with van der Waals surface area (Å²) in [4.78, 5) is 26.4.